The molecule has 0 aliphatic rings. The van der Waals surface area contributed by atoms with Crippen LogP contribution in [0.4, 0.5) is 0 Å². The van der Waals surface area contributed by atoms with Gasteiger partial charge in [-0.05, 0) is 6.92 Å². The molecule has 0 saturated carbocycles. The maximum absolute atomic E-state index is 10.9. The Kier molecular flexibility index (Phi) is 4.50. The lowest BCUT2D eigenvalue weighted by atomic mass is 10.2. The minimum absolute atomic E-state index is 0.0902. The number of likely N-dealkylation sites (N-methyl/N-ethyl adjacent to an activating group) is 1. The first kappa shape index (κ1) is 11.3. The van der Waals surface area contributed by atoms with E-state index in [-0.39, 0.29) is 11.9 Å². The Labute approximate surface area is 82.0 Å². The van der Waals surface area contributed by atoms with Crippen LogP contribution in [0.3, 0.4) is 0 Å². The maximum Gasteiger partial charge on any atom is 0.176 e. The lowest BCUT2D eigenvalue weighted by molar-refractivity contribution is -0.871. The fourth-order valence-corrected chi connectivity index (χ4v) is 1.24. The molecule has 0 spiro atoms. The van der Waals surface area contributed by atoms with E-state index < -0.39 is 0 Å². The van der Waals surface area contributed by atoms with Crippen LogP contribution in [-0.4, -0.2) is 44.1 Å². The van der Waals surface area contributed by atoms with E-state index in [1.165, 1.54) is 0 Å². The number of ketones is 1. The molecule has 0 bridgehead atoms. The van der Waals surface area contributed by atoms with Crippen LogP contribution in [0.5, 0.6) is 0 Å². The number of quaternary nitrogens is 1. The van der Waals surface area contributed by atoms with Crippen molar-refractivity contribution in [1.29, 1.82) is 0 Å². The molecule has 0 radical (unpaired) electrons. The van der Waals surface area contributed by atoms with E-state index in [0.717, 1.165) is 11.0 Å². The first-order valence-corrected chi connectivity index (χ1v) is 4.33. The number of rotatable bonds is 4. The molecule has 0 aliphatic carbocycles. The van der Waals surface area contributed by atoms with Gasteiger partial charge in [0.15, 0.2) is 11.9 Å². The van der Waals surface area contributed by atoms with Crippen molar-refractivity contribution in [2.45, 2.75) is 13.0 Å². The summed E-state index contributed by atoms with van der Waals surface area (Å²) in [5.41, 5.74) is 0. The third-order valence-corrected chi connectivity index (χ3v) is 1.89. The zero-order chi connectivity index (χ0) is 9.07. The SMILES string of the molecule is CC(=O)C(C[N+](C)(C)C)OI. The van der Waals surface area contributed by atoms with Crippen molar-refractivity contribution in [3.8, 4) is 0 Å². The summed E-state index contributed by atoms with van der Waals surface area (Å²) in [7, 11) is 6.10. The Morgan fingerprint density at radius 3 is 2.09 bits per heavy atom. The fourth-order valence-electron chi connectivity index (χ4n) is 0.717. The summed E-state index contributed by atoms with van der Waals surface area (Å²) in [4.78, 5) is 10.9. The van der Waals surface area contributed by atoms with Crippen molar-refractivity contribution in [2.24, 2.45) is 0 Å². The highest BCUT2D eigenvalue weighted by molar-refractivity contribution is 14.1. The second-order valence-corrected chi connectivity index (χ2v) is 4.17. The van der Waals surface area contributed by atoms with Crippen molar-refractivity contribution in [1.82, 2.24) is 0 Å². The number of Topliss-reactive ketones (excluding diaryl/α,β-unsaturated/α-hetero) is 1. The average Bonchev–Trinajstić information content (AvgIpc) is 1.80. The van der Waals surface area contributed by atoms with Crippen molar-refractivity contribution in [2.75, 3.05) is 27.7 Å². The molecule has 0 aromatic heterocycles. The van der Waals surface area contributed by atoms with E-state index in [9.17, 15) is 4.79 Å². The molecule has 0 amide bonds. The Hall–Kier alpha value is 0.320. The summed E-state index contributed by atoms with van der Waals surface area (Å²) >= 11 is 1.77. The molecule has 66 valence electrons. The van der Waals surface area contributed by atoms with Crippen LogP contribution in [-0.2, 0) is 7.86 Å². The summed E-state index contributed by atoms with van der Waals surface area (Å²) in [5, 5.41) is 0. The molecule has 0 aromatic rings. The molecule has 3 nitrogen and oxygen atoms in total. The number of hydrogen-bond donors (Lipinski definition) is 0. The Balaban J connectivity index is 3.99. The van der Waals surface area contributed by atoms with Crippen LogP contribution in [0.1, 0.15) is 6.92 Å². The number of hydrogen-bond acceptors (Lipinski definition) is 2. The molecule has 0 rings (SSSR count). The maximum atomic E-state index is 10.9. The van der Waals surface area contributed by atoms with Crippen molar-refractivity contribution in [3.05, 3.63) is 0 Å². The van der Waals surface area contributed by atoms with Gasteiger partial charge in [0.2, 0.25) is 0 Å². The van der Waals surface area contributed by atoms with E-state index in [2.05, 4.69) is 0 Å². The quantitative estimate of drug-likeness (QED) is 0.564. The van der Waals surface area contributed by atoms with Crippen molar-refractivity contribution < 1.29 is 12.3 Å². The van der Waals surface area contributed by atoms with E-state index >= 15 is 0 Å². The molecule has 11 heavy (non-hydrogen) atoms. The van der Waals surface area contributed by atoms with E-state index in [0.29, 0.717) is 0 Å². The predicted octanol–water partition coefficient (Wildman–Crippen LogP) is 1.02. The van der Waals surface area contributed by atoms with Gasteiger partial charge in [-0.15, -0.1) is 0 Å². The molecular formula is C7H15INO2+. The van der Waals surface area contributed by atoms with Gasteiger partial charge < -0.3 is 4.48 Å². The summed E-state index contributed by atoms with van der Waals surface area (Å²) in [6.45, 7) is 2.28. The third-order valence-electron chi connectivity index (χ3n) is 1.27. The second kappa shape index (κ2) is 4.37. The molecule has 0 N–H and O–H groups in total. The molecule has 0 saturated heterocycles. The highest BCUT2D eigenvalue weighted by Crippen LogP contribution is 2.04. The van der Waals surface area contributed by atoms with Gasteiger partial charge in [0.1, 0.15) is 29.6 Å². The Morgan fingerprint density at radius 2 is 2.00 bits per heavy atom. The van der Waals surface area contributed by atoms with Crippen LogP contribution >= 0.6 is 23.0 Å². The monoisotopic (exact) mass is 272 g/mol. The first-order valence-electron chi connectivity index (χ1n) is 3.45. The van der Waals surface area contributed by atoms with E-state index in [1.807, 2.05) is 21.1 Å². The first-order chi connectivity index (χ1) is 4.87. The zero-order valence-electron chi connectivity index (χ0n) is 7.43. The smallest absolute Gasteiger partial charge is 0.176 e. The topological polar surface area (TPSA) is 26.3 Å². The molecule has 0 fully saturated rings. The Morgan fingerprint density at radius 1 is 1.55 bits per heavy atom. The number of halogens is 1. The summed E-state index contributed by atoms with van der Waals surface area (Å²) in [6.07, 6.45) is -0.268. The average molecular weight is 272 g/mol. The molecular weight excluding hydrogens is 257 g/mol. The van der Waals surface area contributed by atoms with Crippen LogP contribution in [0.15, 0.2) is 0 Å². The van der Waals surface area contributed by atoms with Gasteiger partial charge in [0, 0.05) is 0 Å². The third kappa shape index (κ3) is 5.57. The lowest BCUT2D eigenvalue weighted by Gasteiger charge is -2.26. The normalized spacial score (nSPS) is 14.6. The van der Waals surface area contributed by atoms with Crippen LogP contribution in [0.2, 0.25) is 0 Å². The standard InChI is InChI=1S/C7H15INO2/c1-6(10)7(11-8)5-9(2,3)4/h7H,5H2,1-4H3/q+1. The highest BCUT2D eigenvalue weighted by Gasteiger charge is 2.21. The van der Waals surface area contributed by atoms with Gasteiger partial charge in [-0.3, -0.25) is 7.86 Å². The summed E-state index contributed by atoms with van der Waals surface area (Å²) < 4.78 is 5.74. The Bertz CT molecular complexity index is 142. The summed E-state index contributed by atoms with van der Waals surface area (Å²) in [6, 6.07) is 0. The fraction of sp³-hybridized carbons (Fsp3) is 0.857. The second-order valence-electron chi connectivity index (χ2n) is 3.66. The minimum atomic E-state index is -0.268. The van der Waals surface area contributed by atoms with E-state index in [4.69, 9.17) is 3.07 Å². The van der Waals surface area contributed by atoms with Gasteiger partial charge in [0.25, 0.3) is 0 Å². The number of carbonyl (C=O) groups excluding carboxylic acids is 1. The molecule has 0 aliphatic heterocycles. The molecule has 0 aromatic carbocycles. The molecule has 1 unspecified atom stereocenters. The van der Waals surface area contributed by atoms with Gasteiger partial charge in [-0.25, -0.2) is 0 Å². The molecule has 1 atom stereocenters. The minimum Gasteiger partial charge on any atom is -0.328 e. The van der Waals surface area contributed by atoms with Crippen LogP contribution < -0.4 is 0 Å². The zero-order valence-corrected chi connectivity index (χ0v) is 9.58. The number of carbonyl (C=O) groups is 1. The van der Waals surface area contributed by atoms with Crippen molar-refractivity contribution in [3.63, 3.8) is 0 Å². The van der Waals surface area contributed by atoms with Gasteiger partial charge in [0.05, 0.1) is 21.1 Å². The van der Waals surface area contributed by atoms with E-state index in [1.54, 1.807) is 29.9 Å². The lowest BCUT2D eigenvalue weighted by Crippen LogP contribution is -2.44. The summed E-state index contributed by atoms with van der Waals surface area (Å²) in [5.74, 6) is 0.0902. The van der Waals surface area contributed by atoms with Crippen LogP contribution in [0, 0.1) is 0 Å². The number of nitrogens with zero attached hydrogens (tertiary/aromatic N) is 1. The highest BCUT2D eigenvalue weighted by atomic mass is 127. The van der Waals surface area contributed by atoms with Gasteiger partial charge >= 0.3 is 0 Å². The van der Waals surface area contributed by atoms with Gasteiger partial charge in [-0.1, -0.05) is 0 Å². The van der Waals surface area contributed by atoms with Crippen LogP contribution in [0.25, 0.3) is 0 Å². The largest absolute Gasteiger partial charge is 0.328 e. The molecule has 0 heterocycles. The predicted molar refractivity (Wildman–Crippen MR) is 52.5 cm³/mol. The molecule has 4 heteroatoms. The van der Waals surface area contributed by atoms with Crippen molar-refractivity contribution >= 4 is 28.8 Å². The van der Waals surface area contributed by atoms with Gasteiger partial charge in [-0.2, -0.15) is 0 Å².